The number of benzene rings is 1. The lowest BCUT2D eigenvalue weighted by molar-refractivity contribution is -0.137. The van der Waals surface area contributed by atoms with Crippen molar-refractivity contribution in [2.45, 2.75) is 12.7 Å². The van der Waals surface area contributed by atoms with Crippen LogP contribution in [0, 0.1) is 5.82 Å². The molecule has 2 rings (SSSR count). The first-order chi connectivity index (χ1) is 8.97. The molecule has 0 bridgehead atoms. The molecule has 0 aliphatic heterocycles. The van der Waals surface area contributed by atoms with Crippen LogP contribution in [0.2, 0.25) is 0 Å². The summed E-state index contributed by atoms with van der Waals surface area (Å²) in [5.74, 6) is -0.937. The van der Waals surface area contributed by atoms with Gasteiger partial charge in [0, 0.05) is 12.7 Å². The van der Waals surface area contributed by atoms with Gasteiger partial charge in [0.2, 0.25) is 0 Å². The zero-order valence-corrected chi connectivity index (χ0v) is 9.65. The van der Waals surface area contributed by atoms with Gasteiger partial charge in [0.1, 0.15) is 5.82 Å². The van der Waals surface area contributed by atoms with E-state index in [-0.39, 0.29) is 5.69 Å². The molecule has 1 aromatic heterocycles. The summed E-state index contributed by atoms with van der Waals surface area (Å²) in [6.45, 7) is 0.756. The van der Waals surface area contributed by atoms with Gasteiger partial charge >= 0.3 is 6.18 Å². The Balaban J connectivity index is 1.97. The second kappa shape index (κ2) is 5.25. The van der Waals surface area contributed by atoms with Crippen LogP contribution < -0.4 is 5.32 Å². The Kier molecular flexibility index (Phi) is 3.68. The minimum absolute atomic E-state index is 0.0214. The Bertz CT molecular complexity index is 536. The number of hydrogen-bond donors (Lipinski definition) is 1. The number of anilines is 1. The molecule has 4 nitrogen and oxygen atoms in total. The summed E-state index contributed by atoms with van der Waals surface area (Å²) in [6.07, 6.45) is -1.41. The Morgan fingerprint density at radius 3 is 2.63 bits per heavy atom. The average molecular weight is 274 g/mol. The maximum absolute atomic E-state index is 13.4. The maximum atomic E-state index is 13.4. The third-order valence-electron chi connectivity index (χ3n) is 2.42. The first-order valence-electron chi connectivity index (χ1n) is 5.41. The van der Waals surface area contributed by atoms with Crippen molar-refractivity contribution in [1.82, 2.24) is 15.0 Å². The van der Waals surface area contributed by atoms with E-state index in [0.29, 0.717) is 19.2 Å². The number of alkyl halides is 3. The van der Waals surface area contributed by atoms with Gasteiger partial charge < -0.3 is 5.32 Å². The molecule has 0 atom stereocenters. The molecule has 0 aliphatic rings. The second-order valence-corrected chi connectivity index (χ2v) is 3.79. The number of aromatic nitrogens is 3. The molecule has 8 heteroatoms. The van der Waals surface area contributed by atoms with Crippen molar-refractivity contribution in [2.24, 2.45) is 0 Å². The van der Waals surface area contributed by atoms with Gasteiger partial charge in [-0.05, 0) is 18.2 Å². The fourth-order valence-electron chi connectivity index (χ4n) is 1.49. The number of nitrogens with zero attached hydrogens (tertiary/aromatic N) is 3. The van der Waals surface area contributed by atoms with Crippen LogP contribution in [0.5, 0.6) is 0 Å². The first-order valence-corrected chi connectivity index (χ1v) is 5.41. The van der Waals surface area contributed by atoms with E-state index < -0.39 is 17.6 Å². The summed E-state index contributed by atoms with van der Waals surface area (Å²) in [4.78, 5) is 0. The normalized spacial score (nSPS) is 11.6. The largest absolute Gasteiger partial charge is 0.416 e. The highest BCUT2D eigenvalue weighted by atomic mass is 19.4. The van der Waals surface area contributed by atoms with Crippen molar-refractivity contribution < 1.29 is 17.6 Å². The van der Waals surface area contributed by atoms with E-state index in [1.807, 2.05) is 0 Å². The first kappa shape index (κ1) is 13.3. The van der Waals surface area contributed by atoms with Gasteiger partial charge in [0.15, 0.2) is 0 Å². The van der Waals surface area contributed by atoms with Gasteiger partial charge in [0.05, 0.1) is 24.0 Å². The van der Waals surface area contributed by atoms with Gasteiger partial charge in [-0.3, -0.25) is 4.68 Å². The van der Waals surface area contributed by atoms with E-state index in [1.54, 1.807) is 6.20 Å². The summed E-state index contributed by atoms with van der Waals surface area (Å²) >= 11 is 0. The van der Waals surface area contributed by atoms with Crippen LogP contribution in [0.4, 0.5) is 23.2 Å². The zero-order valence-electron chi connectivity index (χ0n) is 9.65. The molecule has 0 spiro atoms. The van der Waals surface area contributed by atoms with Crippen molar-refractivity contribution in [3.8, 4) is 0 Å². The van der Waals surface area contributed by atoms with E-state index >= 15 is 0 Å². The van der Waals surface area contributed by atoms with Crippen molar-refractivity contribution in [3.63, 3.8) is 0 Å². The van der Waals surface area contributed by atoms with Crippen molar-refractivity contribution in [1.29, 1.82) is 0 Å². The molecule has 0 aliphatic carbocycles. The Morgan fingerprint density at radius 1 is 1.26 bits per heavy atom. The third kappa shape index (κ3) is 3.43. The predicted octanol–water partition coefficient (Wildman–Crippen LogP) is 2.55. The van der Waals surface area contributed by atoms with E-state index in [1.165, 1.54) is 10.9 Å². The Hall–Kier alpha value is -2.12. The summed E-state index contributed by atoms with van der Waals surface area (Å²) < 4.78 is 52.0. The van der Waals surface area contributed by atoms with E-state index in [4.69, 9.17) is 0 Å². The van der Waals surface area contributed by atoms with Crippen molar-refractivity contribution in [3.05, 3.63) is 42.0 Å². The molecule has 1 N–H and O–H groups in total. The van der Waals surface area contributed by atoms with Gasteiger partial charge in [-0.25, -0.2) is 4.39 Å². The maximum Gasteiger partial charge on any atom is 0.416 e. The van der Waals surface area contributed by atoms with Crippen LogP contribution in [0.25, 0.3) is 0 Å². The summed E-state index contributed by atoms with van der Waals surface area (Å²) in [5.41, 5.74) is -0.986. The molecule has 0 amide bonds. The summed E-state index contributed by atoms with van der Waals surface area (Å²) in [5, 5.41) is 9.99. The molecule has 1 heterocycles. The Labute approximate surface area is 106 Å². The lowest BCUT2D eigenvalue weighted by Gasteiger charge is -2.10. The predicted molar refractivity (Wildman–Crippen MR) is 59.9 cm³/mol. The fraction of sp³-hybridized carbons (Fsp3) is 0.273. The van der Waals surface area contributed by atoms with E-state index in [0.717, 1.165) is 12.1 Å². The molecule has 0 saturated heterocycles. The lowest BCUT2D eigenvalue weighted by Crippen LogP contribution is -2.12. The van der Waals surface area contributed by atoms with Crippen LogP contribution in [0.3, 0.4) is 0 Å². The lowest BCUT2D eigenvalue weighted by atomic mass is 10.2. The van der Waals surface area contributed by atoms with E-state index in [9.17, 15) is 17.6 Å². The second-order valence-electron chi connectivity index (χ2n) is 3.79. The summed E-state index contributed by atoms with van der Waals surface area (Å²) in [7, 11) is 0. The molecule has 2 aromatic rings. The van der Waals surface area contributed by atoms with Gasteiger partial charge in [-0.2, -0.15) is 13.2 Å². The molecule has 102 valence electrons. The highest BCUT2D eigenvalue weighted by Gasteiger charge is 2.31. The SMILES string of the molecule is Fc1cc(C(F)(F)F)ccc1NCCn1ccnn1. The number of halogens is 4. The third-order valence-corrected chi connectivity index (χ3v) is 2.42. The molecule has 1 aromatic carbocycles. The highest BCUT2D eigenvalue weighted by molar-refractivity contribution is 5.46. The molecule has 19 heavy (non-hydrogen) atoms. The number of rotatable bonds is 4. The van der Waals surface area contributed by atoms with Crippen LogP contribution in [-0.2, 0) is 12.7 Å². The van der Waals surface area contributed by atoms with Gasteiger partial charge in [-0.15, -0.1) is 5.10 Å². The monoisotopic (exact) mass is 274 g/mol. The van der Waals surface area contributed by atoms with Crippen LogP contribution in [0.1, 0.15) is 5.56 Å². The highest BCUT2D eigenvalue weighted by Crippen LogP contribution is 2.31. The fourth-order valence-corrected chi connectivity index (χ4v) is 1.49. The van der Waals surface area contributed by atoms with Gasteiger partial charge in [0.25, 0.3) is 0 Å². The standard InChI is InChI=1S/C11H10F4N4/c12-9-7-8(11(13,14)15)1-2-10(9)16-3-5-19-6-4-17-18-19/h1-2,4,6-7,16H,3,5H2. The minimum atomic E-state index is -4.54. The summed E-state index contributed by atoms with van der Waals surface area (Å²) in [6, 6.07) is 2.37. The molecular weight excluding hydrogens is 264 g/mol. The number of hydrogen-bond acceptors (Lipinski definition) is 3. The molecule has 0 saturated carbocycles. The quantitative estimate of drug-likeness (QED) is 0.871. The topological polar surface area (TPSA) is 42.7 Å². The minimum Gasteiger partial charge on any atom is -0.381 e. The van der Waals surface area contributed by atoms with E-state index in [2.05, 4.69) is 15.6 Å². The number of nitrogens with one attached hydrogen (secondary N) is 1. The molecular formula is C11H10F4N4. The molecule has 0 unspecified atom stereocenters. The van der Waals surface area contributed by atoms with Crippen molar-refractivity contribution >= 4 is 5.69 Å². The van der Waals surface area contributed by atoms with Crippen LogP contribution >= 0.6 is 0 Å². The smallest absolute Gasteiger partial charge is 0.381 e. The van der Waals surface area contributed by atoms with Crippen molar-refractivity contribution in [2.75, 3.05) is 11.9 Å². The molecule has 0 fully saturated rings. The van der Waals surface area contributed by atoms with Gasteiger partial charge in [-0.1, -0.05) is 5.21 Å². The van der Waals surface area contributed by atoms with Crippen LogP contribution in [-0.4, -0.2) is 21.5 Å². The Morgan fingerprint density at radius 2 is 2.05 bits per heavy atom. The average Bonchev–Trinajstić information content (AvgIpc) is 2.83. The van der Waals surface area contributed by atoms with Crippen LogP contribution in [0.15, 0.2) is 30.6 Å². The zero-order chi connectivity index (χ0) is 13.9. The molecule has 0 radical (unpaired) electrons.